The Kier molecular flexibility index (Phi) is 5.35. The normalized spacial score (nSPS) is 15.0. The highest BCUT2D eigenvalue weighted by molar-refractivity contribution is 5.87. The van der Waals surface area contributed by atoms with Crippen molar-refractivity contribution in [2.24, 2.45) is 0 Å². The number of nitrogens with one attached hydrogen (secondary N) is 1. The summed E-state index contributed by atoms with van der Waals surface area (Å²) in [6.45, 7) is 7.48. The van der Waals surface area contributed by atoms with Crippen molar-refractivity contribution in [3.63, 3.8) is 0 Å². The van der Waals surface area contributed by atoms with E-state index in [-0.39, 0.29) is 11.7 Å². The third kappa shape index (κ3) is 3.60. The summed E-state index contributed by atoms with van der Waals surface area (Å²) < 4.78 is 6.00. The van der Waals surface area contributed by atoms with Crippen LogP contribution in [0.4, 0.5) is 5.82 Å². The van der Waals surface area contributed by atoms with Crippen molar-refractivity contribution >= 4 is 28.0 Å². The van der Waals surface area contributed by atoms with Crippen molar-refractivity contribution in [1.29, 1.82) is 0 Å². The van der Waals surface area contributed by atoms with Crippen LogP contribution in [-0.2, 0) is 13.1 Å². The minimum absolute atomic E-state index is 0.0379. The number of nitrogens with zero attached hydrogens (tertiary/aromatic N) is 8. The second-order valence-corrected chi connectivity index (χ2v) is 9.08. The summed E-state index contributed by atoms with van der Waals surface area (Å²) in [7, 11) is 0. The van der Waals surface area contributed by atoms with Gasteiger partial charge in [-0.25, -0.2) is 19.7 Å². The summed E-state index contributed by atoms with van der Waals surface area (Å²) >= 11 is 0. The fourth-order valence-electron chi connectivity index (χ4n) is 5.28. The Hall–Kier alpha value is -3.95. The van der Waals surface area contributed by atoms with Crippen LogP contribution in [-0.4, -0.2) is 51.9 Å². The molecule has 0 unspecified atom stereocenters. The van der Waals surface area contributed by atoms with Crippen molar-refractivity contribution in [3.05, 3.63) is 53.5 Å². The molecule has 0 amide bonds. The lowest BCUT2D eigenvalue weighted by Gasteiger charge is -2.33. The molecule has 180 valence electrons. The Morgan fingerprint density at radius 3 is 2.74 bits per heavy atom. The SMILES string of the molecule is CCCn1cc(-c2nc3c(N4CCC(n5c(=O)[nH]c6ccccc65)CC4)ncnc3n2CC)cn1. The molecule has 0 aliphatic carbocycles. The average Bonchev–Trinajstić information content (AvgIpc) is 3.58. The molecule has 4 aromatic heterocycles. The molecule has 1 N–H and O–H groups in total. The lowest BCUT2D eigenvalue weighted by Crippen LogP contribution is -2.37. The van der Waals surface area contributed by atoms with Crippen LogP contribution >= 0.6 is 0 Å². The summed E-state index contributed by atoms with van der Waals surface area (Å²) in [5, 5.41) is 4.49. The lowest BCUT2D eigenvalue weighted by molar-refractivity contribution is 0.395. The van der Waals surface area contributed by atoms with Gasteiger partial charge in [0.05, 0.1) is 22.8 Å². The summed E-state index contributed by atoms with van der Waals surface area (Å²) in [5.41, 5.74) is 4.46. The summed E-state index contributed by atoms with van der Waals surface area (Å²) in [4.78, 5) is 32.2. The number of para-hydroxylation sites is 2. The fraction of sp³-hybridized carbons (Fsp3) is 0.400. The molecule has 0 atom stereocenters. The molecular formula is C25H29N9O. The summed E-state index contributed by atoms with van der Waals surface area (Å²) in [5.74, 6) is 1.72. The van der Waals surface area contributed by atoms with Crippen LogP contribution in [0.25, 0.3) is 33.6 Å². The maximum atomic E-state index is 12.7. The van der Waals surface area contributed by atoms with Gasteiger partial charge < -0.3 is 14.5 Å². The molecule has 0 radical (unpaired) electrons. The van der Waals surface area contributed by atoms with Gasteiger partial charge in [-0.3, -0.25) is 9.25 Å². The van der Waals surface area contributed by atoms with Crippen LogP contribution in [0.1, 0.15) is 39.2 Å². The van der Waals surface area contributed by atoms with Crippen LogP contribution in [0.2, 0.25) is 0 Å². The third-order valence-corrected chi connectivity index (χ3v) is 6.93. The maximum Gasteiger partial charge on any atom is 0.326 e. The van der Waals surface area contributed by atoms with Crippen LogP contribution in [0, 0.1) is 0 Å². The Morgan fingerprint density at radius 1 is 1.11 bits per heavy atom. The van der Waals surface area contributed by atoms with Gasteiger partial charge in [-0.05, 0) is 38.3 Å². The van der Waals surface area contributed by atoms with Gasteiger partial charge in [-0.2, -0.15) is 5.10 Å². The van der Waals surface area contributed by atoms with Gasteiger partial charge in [-0.15, -0.1) is 0 Å². The quantitative estimate of drug-likeness (QED) is 0.406. The largest absolute Gasteiger partial charge is 0.355 e. The number of H-pyrrole nitrogens is 1. The van der Waals surface area contributed by atoms with E-state index in [4.69, 9.17) is 4.98 Å². The number of piperidine rings is 1. The molecule has 1 aliphatic heterocycles. The van der Waals surface area contributed by atoms with E-state index in [0.29, 0.717) is 0 Å². The van der Waals surface area contributed by atoms with Crippen LogP contribution in [0.3, 0.4) is 0 Å². The number of aryl methyl sites for hydroxylation is 2. The Labute approximate surface area is 202 Å². The first kappa shape index (κ1) is 21.6. The van der Waals surface area contributed by atoms with E-state index in [9.17, 15) is 4.79 Å². The van der Waals surface area contributed by atoms with E-state index in [2.05, 4.69) is 43.4 Å². The predicted molar refractivity (Wildman–Crippen MR) is 136 cm³/mol. The monoisotopic (exact) mass is 471 g/mol. The first-order valence-electron chi connectivity index (χ1n) is 12.4. The summed E-state index contributed by atoms with van der Waals surface area (Å²) in [6, 6.07) is 8.04. The lowest BCUT2D eigenvalue weighted by atomic mass is 10.0. The Morgan fingerprint density at radius 2 is 1.94 bits per heavy atom. The topological polar surface area (TPSA) is 102 Å². The summed E-state index contributed by atoms with van der Waals surface area (Å²) in [6.07, 6.45) is 8.30. The molecule has 1 aliphatic rings. The molecule has 0 bridgehead atoms. The molecule has 1 fully saturated rings. The highest BCUT2D eigenvalue weighted by Gasteiger charge is 2.27. The second-order valence-electron chi connectivity index (χ2n) is 9.08. The first-order valence-corrected chi connectivity index (χ1v) is 12.4. The van der Waals surface area contributed by atoms with E-state index in [1.807, 2.05) is 45.9 Å². The molecule has 10 nitrogen and oxygen atoms in total. The molecule has 5 heterocycles. The molecular weight excluding hydrogens is 442 g/mol. The van der Waals surface area contributed by atoms with Crippen molar-refractivity contribution in [3.8, 4) is 11.4 Å². The van der Waals surface area contributed by atoms with Crippen molar-refractivity contribution < 1.29 is 0 Å². The molecule has 1 aromatic carbocycles. The zero-order valence-electron chi connectivity index (χ0n) is 20.1. The van der Waals surface area contributed by atoms with Gasteiger partial charge in [-0.1, -0.05) is 19.1 Å². The second kappa shape index (κ2) is 8.68. The molecule has 1 saturated heterocycles. The first-order chi connectivity index (χ1) is 17.2. The van der Waals surface area contributed by atoms with E-state index in [0.717, 1.165) is 84.8 Å². The van der Waals surface area contributed by atoms with Crippen molar-refractivity contribution in [2.45, 2.75) is 52.2 Å². The van der Waals surface area contributed by atoms with Gasteiger partial charge in [0.1, 0.15) is 12.2 Å². The number of fused-ring (bicyclic) bond motifs is 2. The Balaban J connectivity index is 1.31. The number of rotatable bonds is 6. The number of anilines is 1. The minimum atomic E-state index is -0.0379. The van der Waals surface area contributed by atoms with E-state index in [1.54, 1.807) is 6.33 Å². The van der Waals surface area contributed by atoms with Crippen LogP contribution < -0.4 is 10.6 Å². The maximum absolute atomic E-state index is 12.7. The number of aromatic nitrogens is 8. The van der Waals surface area contributed by atoms with E-state index in [1.165, 1.54) is 0 Å². The van der Waals surface area contributed by atoms with Gasteiger partial charge in [0, 0.05) is 38.4 Å². The number of aromatic amines is 1. The fourth-order valence-corrected chi connectivity index (χ4v) is 5.28. The molecule has 6 rings (SSSR count). The van der Waals surface area contributed by atoms with E-state index >= 15 is 0 Å². The predicted octanol–water partition coefficient (Wildman–Crippen LogP) is 3.60. The van der Waals surface area contributed by atoms with Crippen molar-refractivity contribution in [2.75, 3.05) is 18.0 Å². The van der Waals surface area contributed by atoms with Gasteiger partial charge in [0.15, 0.2) is 17.0 Å². The molecule has 0 saturated carbocycles. The molecule has 10 heteroatoms. The zero-order valence-corrected chi connectivity index (χ0v) is 20.1. The number of imidazole rings is 2. The Bertz CT molecular complexity index is 1550. The number of hydrogen-bond acceptors (Lipinski definition) is 6. The van der Waals surface area contributed by atoms with Crippen LogP contribution in [0.15, 0.2) is 47.8 Å². The number of hydrogen-bond donors (Lipinski definition) is 1. The smallest absolute Gasteiger partial charge is 0.326 e. The van der Waals surface area contributed by atoms with Crippen molar-refractivity contribution in [1.82, 2.24) is 38.9 Å². The molecule has 5 aromatic rings. The highest BCUT2D eigenvalue weighted by Crippen LogP contribution is 2.32. The minimum Gasteiger partial charge on any atom is -0.355 e. The van der Waals surface area contributed by atoms with Gasteiger partial charge in [0.2, 0.25) is 0 Å². The molecule has 35 heavy (non-hydrogen) atoms. The molecule has 0 spiro atoms. The standard InChI is InChI=1S/C25H29N9O/c1-3-11-32-15-17(14-28-32)22-30-21-23(26-16-27-24(21)33(22)4-2)31-12-9-18(10-13-31)34-20-8-6-5-7-19(20)29-25(34)35/h5-8,14-16,18H,3-4,9-13H2,1-2H3,(H,29,35). The third-order valence-electron chi connectivity index (χ3n) is 6.93. The van der Waals surface area contributed by atoms with Crippen LogP contribution in [0.5, 0.6) is 0 Å². The van der Waals surface area contributed by atoms with E-state index < -0.39 is 0 Å². The van der Waals surface area contributed by atoms with Gasteiger partial charge >= 0.3 is 5.69 Å². The average molecular weight is 472 g/mol. The highest BCUT2D eigenvalue weighted by atomic mass is 16.1. The van der Waals surface area contributed by atoms with Gasteiger partial charge in [0.25, 0.3) is 0 Å². The number of benzene rings is 1. The zero-order chi connectivity index (χ0) is 23.9.